The molecule has 0 amide bonds. The second-order valence-corrected chi connectivity index (χ2v) is 16.4. The van der Waals surface area contributed by atoms with Gasteiger partial charge in [0.1, 0.15) is 12.2 Å². The Hall–Kier alpha value is -1.18. The van der Waals surface area contributed by atoms with Crippen LogP contribution in [0.5, 0.6) is 0 Å². The Kier molecular flexibility index (Phi) is 10.1. The van der Waals surface area contributed by atoms with Crippen molar-refractivity contribution in [3.8, 4) is 0 Å². The molecule has 226 valence electrons. The molecule has 0 spiro atoms. The average Bonchev–Trinajstić information content (AvgIpc) is 2.82. The van der Waals surface area contributed by atoms with Crippen LogP contribution in [0.3, 0.4) is 0 Å². The van der Waals surface area contributed by atoms with Crippen LogP contribution in [0.2, 0.25) is 0 Å². The maximum atomic E-state index is 11.5. The number of hydrogen-bond donors (Lipinski definition) is 0. The summed E-state index contributed by atoms with van der Waals surface area (Å²) in [5.41, 5.74) is 7.34. The highest BCUT2D eigenvalue weighted by atomic mass is 79.9. The van der Waals surface area contributed by atoms with E-state index in [0.717, 1.165) is 27.1 Å². The second kappa shape index (κ2) is 12.1. The van der Waals surface area contributed by atoms with Gasteiger partial charge < -0.3 is 9.47 Å². The minimum atomic E-state index is -0.204. The first kappa shape index (κ1) is 34.3. The molecule has 2 aliphatic carbocycles. The first-order chi connectivity index (χ1) is 18.6. The van der Waals surface area contributed by atoms with Gasteiger partial charge >= 0.3 is 11.9 Å². The number of halogens is 3. The van der Waals surface area contributed by atoms with Gasteiger partial charge in [0.05, 0.1) is 0 Å². The van der Waals surface area contributed by atoms with Gasteiger partial charge in [-0.3, -0.25) is 9.59 Å². The van der Waals surface area contributed by atoms with E-state index in [9.17, 15) is 9.59 Å². The van der Waals surface area contributed by atoms with Crippen LogP contribution in [0, 0.1) is 6.92 Å². The molecule has 2 aromatic carbocycles. The lowest BCUT2D eigenvalue weighted by Gasteiger charge is -2.47. The van der Waals surface area contributed by atoms with Gasteiger partial charge in [-0.1, -0.05) is 115 Å². The minimum Gasteiger partial charge on any atom is -0.462 e. The van der Waals surface area contributed by atoms with Crippen molar-refractivity contribution in [1.29, 1.82) is 0 Å². The Morgan fingerprint density at radius 1 is 0.707 bits per heavy atom. The molecule has 0 N–H and O–H groups in total. The highest BCUT2D eigenvalue weighted by molar-refractivity contribution is 9.11. The van der Waals surface area contributed by atoms with Crippen LogP contribution in [0.4, 0.5) is 0 Å². The summed E-state index contributed by atoms with van der Waals surface area (Å²) < 4.78 is 13.5. The van der Waals surface area contributed by atoms with E-state index in [1.807, 2.05) is 0 Å². The molecule has 0 fully saturated rings. The number of alkyl halides is 1. The molecule has 0 saturated heterocycles. The summed E-state index contributed by atoms with van der Waals surface area (Å²) in [7, 11) is 0. The predicted octanol–water partition coefficient (Wildman–Crippen LogP) is 9.88. The Morgan fingerprint density at radius 3 is 1.49 bits per heavy atom. The highest BCUT2D eigenvalue weighted by Gasteiger charge is 2.47. The summed E-state index contributed by atoms with van der Waals surface area (Å²) in [4.78, 5) is 22.9. The van der Waals surface area contributed by atoms with Gasteiger partial charge in [-0.15, -0.1) is 0 Å². The molecule has 0 saturated carbocycles. The zero-order valence-corrected chi connectivity index (χ0v) is 31.1. The van der Waals surface area contributed by atoms with Gasteiger partial charge in [0.2, 0.25) is 0 Å². The first-order valence-electron chi connectivity index (χ1n) is 14.2. The fraction of sp³-hybridized carbons (Fsp3) is 0.588. The lowest BCUT2D eigenvalue weighted by atomic mass is 9.61. The highest BCUT2D eigenvalue weighted by Crippen LogP contribution is 2.50. The van der Waals surface area contributed by atoms with Crippen LogP contribution in [-0.2, 0) is 46.1 Å². The average molecular weight is 757 g/mol. The van der Waals surface area contributed by atoms with E-state index >= 15 is 0 Å². The molecule has 0 aliphatic heterocycles. The molecule has 41 heavy (non-hydrogen) atoms. The van der Waals surface area contributed by atoms with Crippen LogP contribution in [0.15, 0.2) is 33.2 Å². The molecule has 4 nitrogen and oxygen atoms in total. The molecule has 2 aliphatic rings. The first-order valence-corrected chi connectivity index (χ1v) is 16.9. The van der Waals surface area contributed by atoms with Crippen LogP contribution >= 0.6 is 47.8 Å². The summed E-state index contributed by atoms with van der Waals surface area (Å²) in [6.07, 6.45) is 1.51. The van der Waals surface area contributed by atoms with Crippen molar-refractivity contribution < 1.29 is 19.1 Å². The Balaban J connectivity index is 0.000000226. The number of esters is 2. The molecule has 2 aromatic rings. The van der Waals surface area contributed by atoms with Gasteiger partial charge in [-0.2, -0.15) is 0 Å². The van der Waals surface area contributed by atoms with Gasteiger partial charge in [0, 0.05) is 39.0 Å². The number of carbonyl (C=O) groups is 2. The monoisotopic (exact) mass is 754 g/mol. The molecule has 0 aromatic heterocycles. The fourth-order valence-corrected chi connectivity index (χ4v) is 8.04. The SMILES string of the molecule is CC(=O)OC1CC(C)(C)c2cc(Br)c(C)cc2C1(C)C.CC(=O)OC1CC(C)(C)c2cc(Br)c(CBr)cc2C1(C)C. The summed E-state index contributed by atoms with van der Waals surface area (Å²) >= 11 is 10.8. The maximum absolute atomic E-state index is 11.5. The zero-order valence-electron chi connectivity index (χ0n) is 26.4. The van der Waals surface area contributed by atoms with Crippen molar-refractivity contribution in [1.82, 2.24) is 0 Å². The van der Waals surface area contributed by atoms with E-state index in [-0.39, 0.29) is 45.8 Å². The zero-order chi connectivity index (χ0) is 31.3. The van der Waals surface area contributed by atoms with Gasteiger partial charge in [0.15, 0.2) is 0 Å². The standard InChI is InChI=1S/C17H22Br2O2.C17H23BrO2/c1-10(20)21-15-8-16(2,3)12-7-14(19)11(9-18)6-13(12)17(15,4)5;1-10-7-13-12(8-14(10)18)16(3,4)9-15(17(13,5)6)20-11(2)19/h6-7,15H,8-9H2,1-5H3;7-8,15H,9H2,1-6H3. The van der Waals surface area contributed by atoms with Crippen LogP contribution in [-0.4, -0.2) is 24.1 Å². The molecular formula is C34H45Br3O4. The summed E-state index contributed by atoms with van der Waals surface area (Å²) in [6.45, 7) is 22.6. The minimum absolute atomic E-state index is 0.00118. The van der Waals surface area contributed by atoms with Gasteiger partial charge in [-0.05, 0) is 76.1 Å². The molecule has 4 rings (SSSR count). The Labute approximate surface area is 272 Å². The topological polar surface area (TPSA) is 52.6 Å². The number of aryl methyl sites for hydroxylation is 1. The van der Waals surface area contributed by atoms with Gasteiger partial charge in [0.25, 0.3) is 0 Å². The van der Waals surface area contributed by atoms with E-state index in [1.165, 1.54) is 47.2 Å². The van der Waals surface area contributed by atoms with Crippen LogP contribution in [0.25, 0.3) is 0 Å². The van der Waals surface area contributed by atoms with Crippen molar-refractivity contribution >= 4 is 59.7 Å². The molecule has 2 atom stereocenters. The number of rotatable bonds is 3. The molecular weight excluding hydrogens is 712 g/mol. The third-order valence-corrected chi connectivity index (χ3v) is 11.3. The second-order valence-electron chi connectivity index (χ2n) is 14.1. The van der Waals surface area contributed by atoms with E-state index in [2.05, 4.69) is 134 Å². The summed E-state index contributed by atoms with van der Waals surface area (Å²) in [5, 5.41) is 0.801. The van der Waals surface area contributed by atoms with E-state index in [4.69, 9.17) is 9.47 Å². The molecule has 0 heterocycles. The van der Waals surface area contributed by atoms with Crippen molar-refractivity contribution in [2.24, 2.45) is 0 Å². The molecule has 0 radical (unpaired) electrons. The number of fused-ring (bicyclic) bond motifs is 2. The van der Waals surface area contributed by atoms with Crippen LogP contribution in [0.1, 0.15) is 115 Å². The van der Waals surface area contributed by atoms with Crippen molar-refractivity contribution in [3.05, 3.63) is 66.6 Å². The van der Waals surface area contributed by atoms with Crippen molar-refractivity contribution in [2.45, 2.75) is 128 Å². The number of ether oxygens (including phenoxy) is 2. The summed E-state index contributed by atoms with van der Waals surface area (Å²) in [6, 6.07) is 8.94. The summed E-state index contributed by atoms with van der Waals surface area (Å²) in [5.74, 6) is -0.402. The van der Waals surface area contributed by atoms with Crippen molar-refractivity contribution in [2.75, 3.05) is 0 Å². The lowest BCUT2D eigenvalue weighted by molar-refractivity contribution is -0.152. The number of carbonyl (C=O) groups excluding carboxylic acids is 2. The largest absolute Gasteiger partial charge is 0.462 e. The third kappa shape index (κ3) is 6.98. The lowest BCUT2D eigenvalue weighted by Crippen LogP contribution is -2.47. The van der Waals surface area contributed by atoms with Gasteiger partial charge in [-0.25, -0.2) is 0 Å². The van der Waals surface area contributed by atoms with Crippen LogP contribution < -0.4 is 0 Å². The van der Waals surface area contributed by atoms with E-state index in [0.29, 0.717) is 0 Å². The normalized spacial score (nSPS) is 22.8. The van der Waals surface area contributed by atoms with E-state index in [1.54, 1.807) is 0 Å². The molecule has 2 unspecified atom stereocenters. The molecule has 7 heteroatoms. The quantitative estimate of drug-likeness (QED) is 0.231. The number of benzene rings is 2. The smallest absolute Gasteiger partial charge is 0.302 e. The van der Waals surface area contributed by atoms with E-state index < -0.39 is 0 Å². The Bertz CT molecular complexity index is 1340. The Morgan fingerprint density at radius 2 is 1.10 bits per heavy atom. The maximum Gasteiger partial charge on any atom is 0.302 e. The predicted molar refractivity (Wildman–Crippen MR) is 178 cm³/mol. The third-order valence-electron chi connectivity index (χ3n) is 9.09. The fourth-order valence-electron chi connectivity index (χ4n) is 6.37. The molecule has 0 bridgehead atoms. The number of hydrogen-bond acceptors (Lipinski definition) is 4. The van der Waals surface area contributed by atoms with Crippen molar-refractivity contribution in [3.63, 3.8) is 0 Å².